The highest BCUT2D eigenvalue weighted by atomic mass is 35.5. The molecule has 2 aromatic rings. The quantitative estimate of drug-likeness (QED) is 0.869. The lowest BCUT2D eigenvalue weighted by Gasteiger charge is -2.19. The van der Waals surface area contributed by atoms with E-state index in [9.17, 15) is 0 Å². The van der Waals surface area contributed by atoms with Crippen LogP contribution >= 0.6 is 11.6 Å². The van der Waals surface area contributed by atoms with Crippen LogP contribution in [0.25, 0.3) is 0 Å². The van der Waals surface area contributed by atoms with Gasteiger partial charge in [-0.1, -0.05) is 24.6 Å². The number of halogens is 1. The minimum atomic E-state index is 0.113. The van der Waals surface area contributed by atoms with Crippen LogP contribution in [0.1, 0.15) is 29.7 Å². The normalized spacial score (nSPS) is 12.4. The molecule has 1 aromatic heterocycles. The fraction of sp³-hybridized carbons (Fsp3) is 0.375. The lowest BCUT2D eigenvalue weighted by atomic mass is 9.99. The predicted molar refractivity (Wildman–Crippen MR) is 81.6 cm³/mol. The third-order valence-electron chi connectivity index (χ3n) is 3.33. The molecule has 1 atom stereocenters. The van der Waals surface area contributed by atoms with E-state index < -0.39 is 0 Å². The van der Waals surface area contributed by atoms with Crippen LogP contribution in [-0.2, 0) is 6.42 Å². The molecule has 1 unspecified atom stereocenters. The lowest BCUT2D eigenvalue weighted by molar-refractivity contribution is 0.405. The SMILES string of the molecule is CCNC(Cc1cc(C)ccc1OC)c1ccoc1Cl. The van der Waals surface area contributed by atoms with Gasteiger partial charge in [-0.05, 0) is 49.2 Å². The molecule has 20 heavy (non-hydrogen) atoms. The van der Waals surface area contributed by atoms with E-state index >= 15 is 0 Å². The molecule has 3 nitrogen and oxygen atoms in total. The number of nitrogens with one attached hydrogen (secondary N) is 1. The van der Waals surface area contributed by atoms with Crippen LogP contribution in [0.15, 0.2) is 34.9 Å². The topological polar surface area (TPSA) is 34.4 Å². The lowest BCUT2D eigenvalue weighted by Crippen LogP contribution is -2.23. The van der Waals surface area contributed by atoms with Gasteiger partial charge < -0.3 is 14.5 Å². The summed E-state index contributed by atoms with van der Waals surface area (Å²) < 4.78 is 10.6. The first-order valence-corrected chi connectivity index (χ1v) is 7.13. The van der Waals surface area contributed by atoms with E-state index in [1.807, 2.05) is 12.1 Å². The molecule has 0 amide bonds. The molecule has 1 aromatic carbocycles. The molecular weight excluding hydrogens is 274 g/mol. The van der Waals surface area contributed by atoms with Gasteiger partial charge in [0, 0.05) is 11.6 Å². The van der Waals surface area contributed by atoms with Crippen molar-refractivity contribution in [1.82, 2.24) is 5.32 Å². The third-order valence-corrected chi connectivity index (χ3v) is 3.64. The number of hydrogen-bond donors (Lipinski definition) is 1. The van der Waals surface area contributed by atoms with Gasteiger partial charge in [-0.15, -0.1) is 0 Å². The number of likely N-dealkylation sites (N-methyl/N-ethyl adjacent to an activating group) is 1. The molecule has 0 aliphatic heterocycles. The molecule has 1 N–H and O–H groups in total. The molecule has 4 heteroatoms. The largest absolute Gasteiger partial charge is 0.496 e. The van der Waals surface area contributed by atoms with Gasteiger partial charge in [0.2, 0.25) is 0 Å². The predicted octanol–water partition coefficient (Wildman–Crippen LogP) is 4.14. The maximum absolute atomic E-state index is 6.10. The van der Waals surface area contributed by atoms with Gasteiger partial charge in [0.1, 0.15) is 5.75 Å². The molecular formula is C16H20ClNO2. The van der Waals surface area contributed by atoms with Crippen molar-refractivity contribution in [3.63, 3.8) is 0 Å². The standard InChI is InChI=1S/C16H20ClNO2/c1-4-18-14(13-7-8-20-16(13)17)10-12-9-11(2)5-6-15(12)19-3/h5-9,14,18H,4,10H2,1-3H3. The van der Waals surface area contributed by atoms with Crippen molar-refractivity contribution in [3.8, 4) is 5.75 Å². The molecule has 2 rings (SSSR count). The van der Waals surface area contributed by atoms with Crippen molar-refractivity contribution < 1.29 is 9.15 Å². The smallest absolute Gasteiger partial charge is 0.197 e. The Morgan fingerprint density at radius 3 is 2.75 bits per heavy atom. The fourth-order valence-corrected chi connectivity index (χ4v) is 2.63. The highest BCUT2D eigenvalue weighted by Gasteiger charge is 2.18. The summed E-state index contributed by atoms with van der Waals surface area (Å²) in [6.07, 6.45) is 2.42. The molecule has 108 valence electrons. The maximum Gasteiger partial charge on any atom is 0.197 e. The molecule has 0 aliphatic carbocycles. The zero-order chi connectivity index (χ0) is 14.5. The highest BCUT2D eigenvalue weighted by Crippen LogP contribution is 2.30. The average Bonchev–Trinajstić information content (AvgIpc) is 2.85. The molecule has 0 spiro atoms. The Bertz CT molecular complexity index is 565. The van der Waals surface area contributed by atoms with Crippen molar-refractivity contribution >= 4 is 11.6 Å². The Labute approximate surface area is 124 Å². The Kier molecular flexibility index (Phi) is 5.10. The van der Waals surface area contributed by atoms with Gasteiger partial charge in [-0.3, -0.25) is 0 Å². The van der Waals surface area contributed by atoms with E-state index in [2.05, 4.69) is 31.3 Å². The van der Waals surface area contributed by atoms with E-state index in [-0.39, 0.29) is 6.04 Å². The van der Waals surface area contributed by atoms with Crippen molar-refractivity contribution in [1.29, 1.82) is 0 Å². The van der Waals surface area contributed by atoms with Crippen LogP contribution in [0, 0.1) is 6.92 Å². The van der Waals surface area contributed by atoms with Gasteiger partial charge in [0.05, 0.1) is 13.4 Å². The summed E-state index contributed by atoms with van der Waals surface area (Å²) in [6, 6.07) is 8.23. The Balaban J connectivity index is 2.29. The number of rotatable bonds is 6. The number of aryl methyl sites for hydroxylation is 1. The van der Waals surface area contributed by atoms with Crippen LogP contribution in [0.4, 0.5) is 0 Å². The van der Waals surface area contributed by atoms with Crippen LogP contribution in [0.3, 0.4) is 0 Å². The zero-order valence-electron chi connectivity index (χ0n) is 12.1. The Morgan fingerprint density at radius 2 is 2.15 bits per heavy atom. The van der Waals surface area contributed by atoms with Gasteiger partial charge >= 0.3 is 0 Å². The summed E-state index contributed by atoms with van der Waals surface area (Å²) in [5.41, 5.74) is 3.36. The van der Waals surface area contributed by atoms with Gasteiger partial charge in [-0.25, -0.2) is 0 Å². The van der Waals surface area contributed by atoms with E-state index in [0.717, 1.165) is 29.8 Å². The Hall–Kier alpha value is -1.45. The molecule has 1 heterocycles. The van der Waals surface area contributed by atoms with Crippen molar-refractivity contribution in [2.24, 2.45) is 0 Å². The van der Waals surface area contributed by atoms with Crippen LogP contribution < -0.4 is 10.1 Å². The minimum absolute atomic E-state index is 0.113. The number of furan rings is 1. The van der Waals surface area contributed by atoms with E-state index in [1.165, 1.54) is 5.56 Å². The summed E-state index contributed by atoms with van der Waals surface area (Å²) in [6.45, 7) is 5.02. The molecule has 0 saturated heterocycles. The number of benzene rings is 1. The first kappa shape index (κ1) is 14.9. The van der Waals surface area contributed by atoms with E-state index in [4.69, 9.17) is 20.8 Å². The maximum atomic E-state index is 6.10. The monoisotopic (exact) mass is 293 g/mol. The minimum Gasteiger partial charge on any atom is -0.496 e. The van der Waals surface area contributed by atoms with E-state index in [0.29, 0.717) is 5.22 Å². The van der Waals surface area contributed by atoms with Gasteiger partial charge in [0.15, 0.2) is 5.22 Å². The summed E-state index contributed by atoms with van der Waals surface area (Å²) in [5.74, 6) is 0.901. The first-order valence-electron chi connectivity index (χ1n) is 6.75. The summed E-state index contributed by atoms with van der Waals surface area (Å²) in [4.78, 5) is 0. The molecule has 0 saturated carbocycles. The molecule has 0 radical (unpaired) electrons. The van der Waals surface area contributed by atoms with Gasteiger partial charge in [0.25, 0.3) is 0 Å². The summed E-state index contributed by atoms with van der Waals surface area (Å²) in [7, 11) is 1.70. The van der Waals surface area contributed by atoms with Crippen LogP contribution in [-0.4, -0.2) is 13.7 Å². The zero-order valence-corrected chi connectivity index (χ0v) is 12.8. The first-order chi connectivity index (χ1) is 9.65. The number of hydrogen-bond acceptors (Lipinski definition) is 3. The van der Waals surface area contributed by atoms with Crippen molar-refractivity contribution in [3.05, 3.63) is 52.4 Å². The second kappa shape index (κ2) is 6.82. The molecule has 0 fully saturated rings. The second-order valence-corrected chi connectivity index (χ2v) is 5.12. The highest BCUT2D eigenvalue weighted by molar-refractivity contribution is 6.29. The summed E-state index contributed by atoms with van der Waals surface area (Å²) in [5, 5.41) is 3.89. The van der Waals surface area contributed by atoms with E-state index in [1.54, 1.807) is 13.4 Å². The van der Waals surface area contributed by atoms with Crippen LogP contribution in [0.2, 0.25) is 5.22 Å². The van der Waals surface area contributed by atoms with Crippen LogP contribution in [0.5, 0.6) is 5.75 Å². The average molecular weight is 294 g/mol. The second-order valence-electron chi connectivity index (χ2n) is 4.78. The van der Waals surface area contributed by atoms with Crippen molar-refractivity contribution in [2.45, 2.75) is 26.3 Å². The van der Waals surface area contributed by atoms with Gasteiger partial charge in [-0.2, -0.15) is 0 Å². The molecule has 0 bridgehead atoms. The molecule has 0 aliphatic rings. The Morgan fingerprint density at radius 1 is 1.35 bits per heavy atom. The van der Waals surface area contributed by atoms with Crippen molar-refractivity contribution in [2.75, 3.05) is 13.7 Å². The summed E-state index contributed by atoms with van der Waals surface area (Å²) >= 11 is 6.10. The number of methoxy groups -OCH3 is 1. The fourth-order valence-electron chi connectivity index (χ4n) is 2.38. The third kappa shape index (κ3) is 3.35. The number of ether oxygens (including phenoxy) is 1.